The molecule has 2 rings (SSSR count). The first-order chi connectivity index (χ1) is 9.79. The number of benzene rings is 2. The number of hydrogen-bond donors (Lipinski definition) is 1. The third kappa shape index (κ3) is 4.44. The first-order valence-electron chi connectivity index (χ1n) is 6.89. The summed E-state index contributed by atoms with van der Waals surface area (Å²) < 4.78 is 18.5. The van der Waals surface area contributed by atoms with Gasteiger partial charge in [0.1, 0.15) is 5.82 Å². The molecule has 0 saturated heterocycles. The Morgan fingerprint density at radius 1 is 1.00 bits per heavy atom. The van der Waals surface area contributed by atoms with E-state index in [1.54, 1.807) is 12.1 Å². The largest absolute Gasteiger partial charge is 0.377 e. The average molecular weight is 273 g/mol. The van der Waals surface area contributed by atoms with Gasteiger partial charge in [0.25, 0.3) is 0 Å². The summed E-state index contributed by atoms with van der Waals surface area (Å²) in [5.74, 6) is -0.193. The van der Waals surface area contributed by atoms with E-state index in [0.717, 1.165) is 12.1 Å². The second-order valence-electron chi connectivity index (χ2n) is 4.64. The van der Waals surface area contributed by atoms with Crippen molar-refractivity contribution in [3.63, 3.8) is 0 Å². The molecule has 106 valence electrons. The van der Waals surface area contributed by atoms with Gasteiger partial charge >= 0.3 is 0 Å². The summed E-state index contributed by atoms with van der Waals surface area (Å²) in [5.41, 5.74) is 3.37. The zero-order chi connectivity index (χ0) is 14.2. The highest BCUT2D eigenvalue weighted by Crippen LogP contribution is 2.10. The molecule has 0 spiro atoms. The SMILES string of the molecule is CCOCc1ccccc1CNCc1cccc(F)c1. The zero-order valence-electron chi connectivity index (χ0n) is 11.7. The van der Waals surface area contributed by atoms with E-state index >= 15 is 0 Å². The molecule has 0 aliphatic heterocycles. The molecule has 1 N–H and O–H groups in total. The summed E-state index contributed by atoms with van der Waals surface area (Å²) in [6.45, 7) is 4.74. The lowest BCUT2D eigenvalue weighted by Crippen LogP contribution is -2.14. The molecule has 2 aromatic rings. The Bertz CT molecular complexity index is 542. The molecule has 0 aliphatic carbocycles. The van der Waals surface area contributed by atoms with Crippen LogP contribution in [0.2, 0.25) is 0 Å². The van der Waals surface area contributed by atoms with Crippen molar-refractivity contribution in [2.45, 2.75) is 26.6 Å². The van der Waals surface area contributed by atoms with Gasteiger partial charge in [0, 0.05) is 19.7 Å². The lowest BCUT2D eigenvalue weighted by molar-refractivity contribution is 0.133. The molecule has 0 heterocycles. The van der Waals surface area contributed by atoms with Crippen LogP contribution in [0.5, 0.6) is 0 Å². The van der Waals surface area contributed by atoms with Crippen LogP contribution < -0.4 is 5.32 Å². The van der Waals surface area contributed by atoms with E-state index in [4.69, 9.17) is 4.74 Å². The molecule has 2 nitrogen and oxygen atoms in total. The van der Waals surface area contributed by atoms with Gasteiger partial charge in [0.15, 0.2) is 0 Å². The maximum absolute atomic E-state index is 13.1. The lowest BCUT2D eigenvalue weighted by atomic mass is 10.1. The van der Waals surface area contributed by atoms with Gasteiger partial charge < -0.3 is 10.1 Å². The molecule has 2 aromatic carbocycles. The van der Waals surface area contributed by atoms with Gasteiger partial charge in [-0.2, -0.15) is 0 Å². The van der Waals surface area contributed by atoms with Crippen molar-refractivity contribution in [1.82, 2.24) is 5.32 Å². The Balaban J connectivity index is 1.90. The fourth-order valence-electron chi connectivity index (χ4n) is 2.07. The van der Waals surface area contributed by atoms with Gasteiger partial charge in [-0.25, -0.2) is 4.39 Å². The van der Waals surface area contributed by atoms with E-state index in [2.05, 4.69) is 17.4 Å². The fourth-order valence-corrected chi connectivity index (χ4v) is 2.07. The second kappa shape index (κ2) is 7.78. The highest BCUT2D eigenvalue weighted by atomic mass is 19.1. The Hall–Kier alpha value is -1.71. The average Bonchev–Trinajstić information content (AvgIpc) is 2.46. The molecule has 0 atom stereocenters. The van der Waals surface area contributed by atoms with Gasteiger partial charge in [-0.15, -0.1) is 0 Å². The van der Waals surface area contributed by atoms with Crippen molar-refractivity contribution < 1.29 is 9.13 Å². The van der Waals surface area contributed by atoms with Crippen molar-refractivity contribution in [3.05, 3.63) is 71.0 Å². The summed E-state index contributed by atoms with van der Waals surface area (Å²) in [7, 11) is 0. The molecule has 0 saturated carbocycles. The van der Waals surface area contributed by atoms with Gasteiger partial charge in [-0.05, 0) is 35.7 Å². The Morgan fingerprint density at radius 3 is 2.55 bits per heavy atom. The van der Waals surface area contributed by atoms with Crippen LogP contribution in [0.1, 0.15) is 23.6 Å². The second-order valence-corrected chi connectivity index (χ2v) is 4.64. The predicted octanol–water partition coefficient (Wildman–Crippen LogP) is 3.65. The topological polar surface area (TPSA) is 21.3 Å². The third-order valence-electron chi connectivity index (χ3n) is 3.11. The summed E-state index contributed by atoms with van der Waals surface area (Å²) in [4.78, 5) is 0. The first-order valence-corrected chi connectivity index (χ1v) is 6.89. The molecule has 0 fully saturated rings. The van der Waals surface area contributed by atoms with E-state index in [-0.39, 0.29) is 5.82 Å². The van der Waals surface area contributed by atoms with Crippen LogP contribution in [0, 0.1) is 5.82 Å². The van der Waals surface area contributed by atoms with Crippen LogP contribution in [0.25, 0.3) is 0 Å². The molecular weight excluding hydrogens is 253 g/mol. The van der Waals surface area contributed by atoms with Crippen molar-refractivity contribution in [3.8, 4) is 0 Å². The van der Waals surface area contributed by atoms with Crippen molar-refractivity contribution in [2.24, 2.45) is 0 Å². The minimum absolute atomic E-state index is 0.193. The quantitative estimate of drug-likeness (QED) is 0.831. The summed E-state index contributed by atoms with van der Waals surface area (Å²) in [6.07, 6.45) is 0. The van der Waals surface area contributed by atoms with Gasteiger partial charge in [-0.1, -0.05) is 36.4 Å². The smallest absolute Gasteiger partial charge is 0.123 e. The van der Waals surface area contributed by atoms with Crippen LogP contribution in [0.15, 0.2) is 48.5 Å². The van der Waals surface area contributed by atoms with E-state index in [1.807, 2.05) is 25.1 Å². The fraction of sp³-hybridized carbons (Fsp3) is 0.294. The Labute approximate surface area is 119 Å². The molecule has 0 aromatic heterocycles. The highest BCUT2D eigenvalue weighted by Gasteiger charge is 2.02. The Morgan fingerprint density at radius 2 is 1.80 bits per heavy atom. The van der Waals surface area contributed by atoms with Gasteiger partial charge in [0.2, 0.25) is 0 Å². The molecule has 3 heteroatoms. The zero-order valence-corrected chi connectivity index (χ0v) is 11.7. The van der Waals surface area contributed by atoms with Crippen molar-refractivity contribution in [1.29, 1.82) is 0 Å². The van der Waals surface area contributed by atoms with Crippen LogP contribution in [0.3, 0.4) is 0 Å². The minimum Gasteiger partial charge on any atom is -0.377 e. The Kier molecular flexibility index (Phi) is 5.71. The first kappa shape index (κ1) is 14.7. The maximum Gasteiger partial charge on any atom is 0.123 e. The van der Waals surface area contributed by atoms with E-state index in [0.29, 0.717) is 19.8 Å². The van der Waals surface area contributed by atoms with Gasteiger partial charge in [-0.3, -0.25) is 0 Å². The monoisotopic (exact) mass is 273 g/mol. The molecule has 0 bridgehead atoms. The van der Waals surface area contributed by atoms with E-state index in [9.17, 15) is 4.39 Å². The van der Waals surface area contributed by atoms with Gasteiger partial charge in [0.05, 0.1) is 6.61 Å². The molecular formula is C17H20FNO. The minimum atomic E-state index is -0.193. The predicted molar refractivity (Wildman–Crippen MR) is 78.7 cm³/mol. The van der Waals surface area contributed by atoms with Crippen LogP contribution in [0.4, 0.5) is 4.39 Å². The molecule has 0 amide bonds. The van der Waals surface area contributed by atoms with E-state index in [1.165, 1.54) is 17.2 Å². The molecule has 0 aliphatic rings. The molecule has 20 heavy (non-hydrogen) atoms. The summed E-state index contributed by atoms with van der Waals surface area (Å²) >= 11 is 0. The molecule has 0 radical (unpaired) electrons. The normalized spacial score (nSPS) is 10.7. The van der Waals surface area contributed by atoms with Crippen molar-refractivity contribution in [2.75, 3.05) is 6.61 Å². The number of nitrogens with one attached hydrogen (secondary N) is 1. The summed E-state index contributed by atoms with van der Waals surface area (Å²) in [6, 6.07) is 14.9. The van der Waals surface area contributed by atoms with Crippen LogP contribution in [-0.4, -0.2) is 6.61 Å². The van der Waals surface area contributed by atoms with E-state index < -0.39 is 0 Å². The number of halogens is 1. The van der Waals surface area contributed by atoms with Crippen LogP contribution >= 0.6 is 0 Å². The number of hydrogen-bond acceptors (Lipinski definition) is 2. The summed E-state index contributed by atoms with van der Waals surface area (Å²) in [5, 5.41) is 3.34. The standard InChI is InChI=1S/C17H20FNO/c1-2-20-13-16-8-4-3-7-15(16)12-19-11-14-6-5-9-17(18)10-14/h3-10,19H,2,11-13H2,1H3. The lowest BCUT2D eigenvalue weighted by Gasteiger charge is -2.10. The van der Waals surface area contributed by atoms with Crippen molar-refractivity contribution >= 4 is 0 Å². The maximum atomic E-state index is 13.1. The third-order valence-corrected chi connectivity index (χ3v) is 3.11. The molecule has 0 unspecified atom stereocenters. The number of ether oxygens (including phenoxy) is 1. The number of rotatable bonds is 7. The highest BCUT2D eigenvalue weighted by molar-refractivity contribution is 5.26. The van der Waals surface area contributed by atoms with Crippen LogP contribution in [-0.2, 0) is 24.4 Å².